The molecule has 1 aliphatic heterocycles. The van der Waals surface area contributed by atoms with Gasteiger partial charge in [-0.25, -0.2) is 22.4 Å². The summed E-state index contributed by atoms with van der Waals surface area (Å²) >= 11 is 0. The highest BCUT2D eigenvalue weighted by Gasteiger charge is 2.33. The van der Waals surface area contributed by atoms with Crippen LogP contribution >= 0.6 is 0 Å². The summed E-state index contributed by atoms with van der Waals surface area (Å²) < 4.78 is 40.1. The number of carboxylic acid groups (broad SMARTS) is 2. The predicted octanol–water partition coefficient (Wildman–Crippen LogP) is 1.40. The summed E-state index contributed by atoms with van der Waals surface area (Å²) in [5, 5.41) is 25.9. The minimum atomic E-state index is -3.94. The minimum Gasteiger partial charge on any atom is -0.473 e. The van der Waals surface area contributed by atoms with Crippen LogP contribution in [0.15, 0.2) is 53.4 Å². The van der Waals surface area contributed by atoms with Crippen LogP contribution in [0.1, 0.15) is 5.56 Å². The molecule has 1 heterocycles. The molecule has 0 aromatic heterocycles. The predicted molar refractivity (Wildman–Crippen MR) is 109 cm³/mol. The maximum Gasteiger partial charge on any atom is 0.414 e. The number of nitro benzene ring substituents is 1. The fraction of sp³-hybridized carbons (Fsp3) is 0.263. The lowest BCUT2D eigenvalue weighted by Crippen LogP contribution is -2.48. The smallest absolute Gasteiger partial charge is 0.414 e. The summed E-state index contributed by atoms with van der Waals surface area (Å²) in [6.07, 6.45) is 0. The number of para-hydroxylation sites is 1. The lowest BCUT2D eigenvalue weighted by atomic mass is 10.2. The molecule has 0 aliphatic carbocycles. The summed E-state index contributed by atoms with van der Waals surface area (Å²) in [6, 6.07) is 11.6. The first-order valence-electron chi connectivity index (χ1n) is 9.19. The van der Waals surface area contributed by atoms with E-state index in [9.17, 15) is 22.9 Å². The molecule has 0 amide bonds. The number of carbonyl (C=O) groups is 2. The van der Waals surface area contributed by atoms with Gasteiger partial charge < -0.3 is 10.2 Å². The molecule has 0 unspecified atom stereocenters. The van der Waals surface area contributed by atoms with Crippen molar-refractivity contribution in [3.05, 3.63) is 70.0 Å². The van der Waals surface area contributed by atoms with Gasteiger partial charge in [0.2, 0.25) is 10.0 Å². The molecule has 2 aromatic carbocycles. The maximum atomic E-state index is 13.3. The molecule has 1 fully saturated rings. The second-order valence-electron chi connectivity index (χ2n) is 6.65. The molecule has 0 spiro atoms. The largest absolute Gasteiger partial charge is 0.473 e. The standard InChI is InChI=1S/C17H18FN3O4S.C2H2O4/c18-15-5-3-4-14(12-15)13-19-8-10-20(11-9-19)26(24,25)17-7-2-1-6-16(17)21(22)23;3-1(4)2(5)6/h1-7,12H,8-11,13H2;(H,3,4)(H,5,6). The Labute approximate surface area is 182 Å². The van der Waals surface area contributed by atoms with Crippen molar-refractivity contribution in [1.82, 2.24) is 9.21 Å². The van der Waals surface area contributed by atoms with E-state index < -0.39 is 32.6 Å². The summed E-state index contributed by atoms with van der Waals surface area (Å²) in [5.41, 5.74) is 0.398. The first-order valence-corrected chi connectivity index (χ1v) is 10.6. The van der Waals surface area contributed by atoms with Crippen molar-refractivity contribution in [2.75, 3.05) is 26.2 Å². The number of halogens is 1. The van der Waals surface area contributed by atoms with E-state index in [0.29, 0.717) is 19.6 Å². The average Bonchev–Trinajstić information content (AvgIpc) is 2.74. The van der Waals surface area contributed by atoms with Crippen molar-refractivity contribution in [3.8, 4) is 0 Å². The molecule has 0 bridgehead atoms. The Morgan fingerprint density at radius 3 is 2.12 bits per heavy atom. The van der Waals surface area contributed by atoms with Crippen LogP contribution in [0.5, 0.6) is 0 Å². The zero-order valence-corrected chi connectivity index (χ0v) is 17.4. The highest BCUT2D eigenvalue weighted by atomic mass is 32.2. The van der Waals surface area contributed by atoms with Gasteiger partial charge in [-0.05, 0) is 23.8 Å². The number of piperazine rings is 1. The Morgan fingerprint density at radius 2 is 1.59 bits per heavy atom. The van der Waals surface area contributed by atoms with Crippen LogP contribution in [0, 0.1) is 15.9 Å². The van der Waals surface area contributed by atoms with Gasteiger partial charge in [0.15, 0.2) is 4.90 Å². The van der Waals surface area contributed by atoms with Crippen LogP contribution < -0.4 is 0 Å². The highest BCUT2D eigenvalue weighted by Crippen LogP contribution is 2.27. The van der Waals surface area contributed by atoms with Gasteiger partial charge in [-0.15, -0.1) is 0 Å². The van der Waals surface area contributed by atoms with Crippen LogP contribution in [0.25, 0.3) is 0 Å². The summed E-state index contributed by atoms with van der Waals surface area (Å²) in [4.78, 5) is 30.4. The Hall–Kier alpha value is -3.42. The highest BCUT2D eigenvalue weighted by molar-refractivity contribution is 7.89. The summed E-state index contributed by atoms with van der Waals surface area (Å²) in [6.45, 7) is 1.91. The fourth-order valence-corrected chi connectivity index (χ4v) is 4.57. The monoisotopic (exact) mass is 469 g/mol. The molecule has 0 radical (unpaired) electrons. The van der Waals surface area contributed by atoms with E-state index in [-0.39, 0.29) is 23.8 Å². The number of carboxylic acids is 2. The van der Waals surface area contributed by atoms with E-state index >= 15 is 0 Å². The number of nitrogens with zero attached hydrogens (tertiary/aromatic N) is 3. The Balaban J connectivity index is 0.000000534. The molecule has 0 atom stereocenters. The third kappa shape index (κ3) is 6.54. The number of sulfonamides is 1. The van der Waals surface area contributed by atoms with Crippen LogP contribution in [0.4, 0.5) is 10.1 Å². The van der Waals surface area contributed by atoms with Crippen LogP contribution in [-0.4, -0.2) is 70.9 Å². The molecule has 1 aliphatic rings. The summed E-state index contributed by atoms with van der Waals surface area (Å²) in [5.74, 6) is -3.95. The molecule has 3 rings (SSSR count). The number of benzene rings is 2. The van der Waals surface area contributed by atoms with Gasteiger partial charge in [0.05, 0.1) is 4.92 Å². The van der Waals surface area contributed by atoms with Crippen molar-refractivity contribution in [1.29, 1.82) is 0 Å². The Kier molecular flexibility index (Phi) is 8.34. The molecular weight excluding hydrogens is 449 g/mol. The van der Waals surface area contributed by atoms with Crippen LogP contribution in [0.2, 0.25) is 0 Å². The number of aliphatic carboxylic acids is 2. The van der Waals surface area contributed by atoms with Gasteiger partial charge in [-0.2, -0.15) is 4.31 Å². The SMILES string of the molecule is O=C(O)C(=O)O.O=[N+]([O-])c1ccccc1S(=O)(=O)N1CCN(Cc2cccc(F)c2)CC1. The molecule has 0 saturated carbocycles. The van der Waals surface area contributed by atoms with Crippen LogP contribution in [0.3, 0.4) is 0 Å². The minimum absolute atomic E-state index is 0.226. The van der Waals surface area contributed by atoms with Crippen molar-refractivity contribution >= 4 is 27.6 Å². The van der Waals surface area contributed by atoms with E-state index in [4.69, 9.17) is 19.8 Å². The molecule has 11 nitrogen and oxygen atoms in total. The summed E-state index contributed by atoms with van der Waals surface area (Å²) in [7, 11) is -3.94. The number of rotatable bonds is 5. The molecule has 32 heavy (non-hydrogen) atoms. The third-order valence-corrected chi connectivity index (χ3v) is 6.44. The van der Waals surface area contributed by atoms with Crippen molar-refractivity contribution in [3.63, 3.8) is 0 Å². The first-order chi connectivity index (χ1) is 15.0. The van der Waals surface area contributed by atoms with Gasteiger partial charge in [0, 0.05) is 38.8 Å². The molecular formula is C19H20FN3O8S. The first kappa shape index (κ1) is 24.8. The van der Waals surface area contributed by atoms with E-state index in [1.807, 2.05) is 11.0 Å². The Bertz CT molecular complexity index is 1090. The second-order valence-corrected chi connectivity index (χ2v) is 8.55. The lowest BCUT2D eigenvalue weighted by Gasteiger charge is -2.33. The van der Waals surface area contributed by atoms with Gasteiger partial charge in [-0.3, -0.25) is 15.0 Å². The van der Waals surface area contributed by atoms with Crippen LogP contribution in [-0.2, 0) is 26.2 Å². The third-order valence-electron chi connectivity index (χ3n) is 4.49. The lowest BCUT2D eigenvalue weighted by molar-refractivity contribution is -0.387. The van der Waals surface area contributed by atoms with Gasteiger partial charge in [0.1, 0.15) is 5.82 Å². The zero-order chi connectivity index (χ0) is 23.9. The normalized spacial score (nSPS) is 14.8. The zero-order valence-electron chi connectivity index (χ0n) is 16.6. The van der Waals surface area contributed by atoms with Crippen molar-refractivity contribution in [2.45, 2.75) is 11.4 Å². The van der Waals surface area contributed by atoms with Gasteiger partial charge >= 0.3 is 11.9 Å². The molecule has 1 saturated heterocycles. The van der Waals surface area contributed by atoms with E-state index in [0.717, 1.165) is 5.56 Å². The van der Waals surface area contributed by atoms with E-state index in [1.165, 1.54) is 40.7 Å². The van der Waals surface area contributed by atoms with E-state index in [2.05, 4.69) is 0 Å². The Morgan fingerprint density at radius 1 is 1.00 bits per heavy atom. The van der Waals surface area contributed by atoms with Gasteiger partial charge in [-0.1, -0.05) is 24.3 Å². The maximum absolute atomic E-state index is 13.3. The quantitative estimate of drug-likeness (QED) is 0.375. The van der Waals surface area contributed by atoms with Crippen molar-refractivity contribution in [2.24, 2.45) is 0 Å². The molecule has 13 heteroatoms. The number of hydrogen-bond donors (Lipinski definition) is 2. The fourth-order valence-electron chi connectivity index (χ4n) is 2.99. The number of nitro groups is 1. The molecule has 172 valence electrons. The van der Waals surface area contributed by atoms with Gasteiger partial charge in [0.25, 0.3) is 5.69 Å². The topological polar surface area (TPSA) is 158 Å². The average molecular weight is 469 g/mol. The van der Waals surface area contributed by atoms with E-state index in [1.54, 1.807) is 6.07 Å². The molecule has 2 aromatic rings. The molecule has 2 N–H and O–H groups in total. The second kappa shape index (κ2) is 10.7. The van der Waals surface area contributed by atoms with Crippen molar-refractivity contribution < 1.29 is 37.5 Å². The number of hydrogen-bond acceptors (Lipinski definition) is 7.